The average Bonchev–Trinajstić information content (AvgIpc) is 2.85. The van der Waals surface area contributed by atoms with Crippen LogP contribution in [0.1, 0.15) is 10.1 Å². The molecule has 0 aliphatic carbocycles. The van der Waals surface area contributed by atoms with Crippen LogP contribution < -0.4 is 0 Å². The van der Waals surface area contributed by atoms with E-state index in [4.69, 9.17) is 0 Å². The highest BCUT2D eigenvalue weighted by Gasteiger charge is 2.27. The molecule has 2 unspecified atom stereocenters. The first kappa shape index (κ1) is 14.6. The number of carbonyl (C=O) groups is 1. The van der Waals surface area contributed by atoms with Gasteiger partial charge in [0, 0.05) is 21.2 Å². The SMILES string of the molecule is C=CC(=O)SCC1CSC(c2ccc(Br)cc2)S1. The fourth-order valence-corrected chi connectivity index (χ4v) is 6.17. The molecule has 1 aromatic carbocycles. The lowest BCUT2D eigenvalue weighted by Gasteiger charge is -2.10. The van der Waals surface area contributed by atoms with Crippen LogP contribution in [0.2, 0.25) is 0 Å². The second kappa shape index (κ2) is 7.08. The molecule has 0 N–H and O–H groups in total. The molecule has 96 valence electrons. The minimum atomic E-state index is 0.0766. The number of hydrogen-bond acceptors (Lipinski definition) is 4. The zero-order chi connectivity index (χ0) is 13.0. The van der Waals surface area contributed by atoms with Crippen molar-refractivity contribution in [1.29, 1.82) is 0 Å². The monoisotopic (exact) mass is 360 g/mol. The number of rotatable bonds is 4. The van der Waals surface area contributed by atoms with Crippen LogP contribution in [0.3, 0.4) is 0 Å². The Morgan fingerprint density at radius 2 is 2.22 bits per heavy atom. The van der Waals surface area contributed by atoms with Crippen molar-refractivity contribution in [3.05, 3.63) is 47.0 Å². The Morgan fingerprint density at radius 3 is 2.89 bits per heavy atom. The molecule has 1 heterocycles. The first-order valence-corrected chi connectivity index (χ1v) is 9.28. The van der Waals surface area contributed by atoms with Gasteiger partial charge in [-0.25, -0.2) is 0 Å². The Morgan fingerprint density at radius 1 is 1.50 bits per heavy atom. The van der Waals surface area contributed by atoms with Gasteiger partial charge in [0.1, 0.15) is 0 Å². The van der Waals surface area contributed by atoms with E-state index in [0.29, 0.717) is 9.83 Å². The maximum absolute atomic E-state index is 11.2. The fourth-order valence-electron chi connectivity index (χ4n) is 1.56. The summed E-state index contributed by atoms with van der Waals surface area (Å²) >= 11 is 8.75. The lowest BCUT2D eigenvalue weighted by atomic mass is 10.2. The van der Waals surface area contributed by atoms with Crippen molar-refractivity contribution in [3.63, 3.8) is 0 Å². The van der Waals surface area contributed by atoms with Gasteiger partial charge in [0.15, 0.2) is 0 Å². The van der Waals surface area contributed by atoms with Gasteiger partial charge < -0.3 is 0 Å². The summed E-state index contributed by atoms with van der Waals surface area (Å²) < 4.78 is 1.62. The van der Waals surface area contributed by atoms with Crippen LogP contribution in [0.5, 0.6) is 0 Å². The maximum Gasteiger partial charge on any atom is 0.211 e. The minimum Gasteiger partial charge on any atom is -0.282 e. The molecule has 1 fully saturated rings. The molecular formula is C13H13BrOS3. The smallest absolute Gasteiger partial charge is 0.211 e. The molecule has 0 amide bonds. The van der Waals surface area contributed by atoms with Crippen LogP contribution in [0.15, 0.2) is 41.4 Å². The van der Waals surface area contributed by atoms with Gasteiger partial charge in [0.2, 0.25) is 5.12 Å². The van der Waals surface area contributed by atoms with Crippen molar-refractivity contribution in [2.75, 3.05) is 11.5 Å². The van der Waals surface area contributed by atoms with Gasteiger partial charge in [-0.05, 0) is 23.8 Å². The number of benzene rings is 1. The van der Waals surface area contributed by atoms with E-state index < -0.39 is 0 Å². The Bertz CT molecular complexity index is 432. The number of halogens is 1. The van der Waals surface area contributed by atoms with Crippen molar-refractivity contribution in [2.24, 2.45) is 0 Å². The third-order valence-electron chi connectivity index (χ3n) is 2.47. The summed E-state index contributed by atoms with van der Waals surface area (Å²) in [4.78, 5) is 11.2. The molecule has 0 saturated carbocycles. The summed E-state index contributed by atoms with van der Waals surface area (Å²) in [6.07, 6.45) is 1.39. The van der Waals surface area contributed by atoms with E-state index in [1.165, 1.54) is 23.4 Å². The average molecular weight is 361 g/mol. The predicted octanol–water partition coefficient (Wildman–Crippen LogP) is 4.74. The molecule has 0 bridgehead atoms. The summed E-state index contributed by atoms with van der Waals surface area (Å²) in [6.45, 7) is 3.49. The van der Waals surface area contributed by atoms with E-state index >= 15 is 0 Å². The number of carbonyl (C=O) groups excluding carboxylic acids is 1. The highest BCUT2D eigenvalue weighted by molar-refractivity contribution is 9.10. The molecule has 1 aliphatic rings. The predicted molar refractivity (Wildman–Crippen MR) is 88.4 cm³/mol. The molecule has 1 saturated heterocycles. The summed E-state index contributed by atoms with van der Waals surface area (Å²) in [5.41, 5.74) is 1.36. The van der Waals surface area contributed by atoms with Gasteiger partial charge in [-0.3, -0.25) is 4.79 Å². The van der Waals surface area contributed by atoms with Crippen LogP contribution in [0.4, 0.5) is 0 Å². The zero-order valence-corrected chi connectivity index (χ0v) is 13.7. The first-order chi connectivity index (χ1) is 8.69. The molecule has 5 heteroatoms. The molecule has 18 heavy (non-hydrogen) atoms. The third kappa shape index (κ3) is 4.08. The molecule has 1 nitrogen and oxygen atoms in total. The summed E-state index contributed by atoms with van der Waals surface area (Å²) in [5, 5.41) is 0.630. The van der Waals surface area contributed by atoms with Crippen LogP contribution in [0, 0.1) is 0 Å². The lowest BCUT2D eigenvalue weighted by molar-refractivity contribution is -0.107. The van der Waals surface area contributed by atoms with E-state index in [-0.39, 0.29) is 5.12 Å². The van der Waals surface area contributed by atoms with Crippen molar-refractivity contribution < 1.29 is 4.79 Å². The van der Waals surface area contributed by atoms with Crippen LogP contribution >= 0.6 is 51.2 Å². The highest BCUT2D eigenvalue weighted by atomic mass is 79.9. The Kier molecular flexibility index (Phi) is 5.73. The van der Waals surface area contributed by atoms with Gasteiger partial charge in [0.05, 0.1) is 4.58 Å². The van der Waals surface area contributed by atoms with E-state index in [2.05, 4.69) is 46.8 Å². The Balaban J connectivity index is 1.86. The van der Waals surface area contributed by atoms with Gasteiger partial charge in [-0.15, -0.1) is 23.5 Å². The minimum absolute atomic E-state index is 0.0766. The van der Waals surface area contributed by atoms with Crippen molar-refractivity contribution >= 4 is 56.3 Å². The van der Waals surface area contributed by atoms with E-state index in [1.807, 2.05) is 23.5 Å². The summed E-state index contributed by atoms with van der Waals surface area (Å²) in [6, 6.07) is 8.50. The van der Waals surface area contributed by atoms with Crippen LogP contribution in [-0.4, -0.2) is 21.9 Å². The first-order valence-electron chi connectivity index (χ1n) is 5.51. The molecule has 0 spiro atoms. The van der Waals surface area contributed by atoms with Gasteiger partial charge in [0.25, 0.3) is 0 Å². The van der Waals surface area contributed by atoms with E-state index in [1.54, 1.807) is 0 Å². The van der Waals surface area contributed by atoms with Crippen LogP contribution in [-0.2, 0) is 4.79 Å². The number of thioether (sulfide) groups is 3. The molecular weight excluding hydrogens is 348 g/mol. The fraction of sp³-hybridized carbons (Fsp3) is 0.308. The summed E-state index contributed by atoms with van der Waals surface area (Å²) in [7, 11) is 0. The molecule has 0 aromatic heterocycles. The quantitative estimate of drug-likeness (QED) is 0.720. The summed E-state index contributed by atoms with van der Waals surface area (Å²) in [5.74, 6) is 2.00. The highest BCUT2D eigenvalue weighted by Crippen LogP contribution is 2.50. The van der Waals surface area contributed by atoms with E-state index in [9.17, 15) is 4.79 Å². The second-order valence-corrected chi connectivity index (χ2v) is 8.60. The third-order valence-corrected chi connectivity index (χ3v) is 7.59. The van der Waals surface area contributed by atoms with Crippen molar-refractivity contribution in [1.82, 2.24) is 0 Å². The lowest BCUT2D eigenvalue weighted by Crippen LogP contribution is -2.06. The van der Waals surface area contributed by atoms with Crippen molar-refractivity contribution in [2.45, 2.75) is 9.83 Å². The molecule has 1 aliphatic heterocycles. The molecule has 1 aromatic rings. The van der Waals surface area contributed by atoms with Gasteiger partial charge in [-0.2, -0.15) is 0 Å². The molecule has 2 rings (SSSR count). The van der Waals surface area contributed by atoms with Gasteiger partial charge >= 0.3 is 0 Å². The number of hydrogen-bond donors (Lipinski definition) is 0. The standard InChI is InChI=1S/C13H13BrOS3/c1-2-12(15)16-7-11-8-17-13(18-11)9-3-5-10(14)6-4-9/h2-6,11,13H,1,7-8H2. The molecule has 0 radical (unpaired) electrons. The largest absolute Gasteiger partial charge is 0.282 e. The molecule has 2 atom stereocenters. The zero-order valence-electron chi connectivity index (χ0n) is 9.67. The topological polar surface area (TPSA) is 17.1 Å². The maximum atomic E-state index is 11.2. The Hall–Kier alpha value is 0.160. The normalized spacial score (nSPS) is 22.9. The second-order valence-electron chi connectivity index (χ2n) is 3.81. The Labute approximate surface area is 129 Å². The van der Waals surface area contributed by atoms with Crippen molar-refractivity contribution in [3.8, 4) is 0 Å². The van der Waals surface area contributed by atoms with Crippen LogP contribution in [0.25, 0.3) is 0 Å². The van der Waals surface area contributed by atoms with Gasteiger partial charge in [-0.1, -0.05) is 46.4 Å². The van der Waals surface area contributed by atoms with E-state index in [0.717, 1.165) is 16.0 Å².